The number of amides is 1. The van der Waals surface area contributed by atoms with Gasteiger partial charge in [-0.25, -0.2) is 0 Å². The molecule has 0 aromatic heterocycles. The van der Waals surface area contributed by atoms with Crippen molar-refractivity contribution in [3.63, 3.8) is 0 Å². The zero-order chi connectivity index (χ0) is 15.7. The van der Waals surface area contributed by atoms with Gasteiger partial charge in [-0.2, -0.15) is 0 Å². The molecule has 2 aromatic carbocycles. The van der Waals surface area contributed by atoms with Crippen molar-refractivity contribution >= 4 is 39.9 Å². The molecule has 2 aromatic rings. The highest BCUT2D eigenvalue weighted by molar-refractivity contribution is 9.10. The van der Waals surface area contributed by atoms with Crippen molar-refractivity contribution in [1.82, 2.24) is 0 Å². The lowest BCUT2D eigenvalue weighted by Crippen LogP contribution is -2.35. The van der Waals surface area contributed by atoms with Crippen LogP contribution in [0, 0.1) is 6.92 Å². The molecule has 1 heterocycles. The predicted molar refractivity (Wildman–Crippen MR) is 100 cm³/mol. The second kappa shape index (κ2) is 7.47. The molecule has 0 radical (unpaired) electrons. The SMILES string of the molecule is Cc1ccc(C(=O)N2CCCc3cc(CN)ccc32)c(Br)c1.Cl. The molecule has 5 heteroatoms. The van der Waals surface area contributed by atoms with Crippen molar-refractivity contribution < 1.29 is 4.79 Å². The van der Waals surface area contributed by atoms with Crippen LogP contribution >= 0.6 is 28.3 Å². The maximum absolute atomic E-state index is 12.9. The van der Waals surface area contributed by atoms with Gasteiger partial charge in [0.15, 0.2) is 0 Å². The Morgan fingerprint density at radius 3 is 2.74 bits per heavy atom. The highest BCUT2D eigenvalue weighted by Crippen LogP contribution is 2.31. The standard InChI is InChI=1S/C18H19BrN2O.ClH/c1-12-4-6-15(16(19)9-12)18(22)21-8-2-3-14-10-13(11-20)5-7-17(14)21;/h4-7,9-10H,2-3,8,11,20H2,1H3;1H. The van der Waals surface area contributed by atoms with Crippen LogP contribution < -0.4 is 10.6 Å². The number of aryl methyl sites for hydroxylation is 2. The Balaban J connectivity index is 0.00000192. The topological polar surface area (TPSA) is 46.3 Å². The zero-order valence-electron chi connectivity index (χ0n) is 13.0. The molecule has 23 heavy (non-hydrogen) atoms. The van der Waals surface area contributed by atoms with E-state index in [1.165, 1.54) is 5.56 Å². The minimum absolute atomic E-state index is 0. The summed E-state index contributed by atoms with van der Waals surface area (Å²) in [6.45, 7) is 3.31. The third-order valence-corrected chi connectivity index (χ3v) is 4.75. The van der Waals surface area contributed by atoms with Crippen molar-refractivity contribution in [1.29, 1.82) is 0 Å². The van der Waals surface area contributed by atoms with E-state index in [1.54, 1.807) is 0 Å². The van der Waals surface area contributed by atoms with Gasteiger partial charge in [-0.15, -0.1) is 12.4 Å². The highest BCUT2D eigenvalue weighted by Gasteiger charge is 2.24. The molecule has 0 atom stereocenters. The number of carbonyl (C=O) groups excluding carboxylic acids is 1. The van der Waals surface area contributed by atoms with Crippen LogP contribution in [-0.2, 0) is 13.0 Å². The number of nitrogens with zero attached hydrogens (tertiary/aromatic N) is 1. The van der Waals surface area contributed by atoms with E-state index in [2.05, 4.69) is 22.0 Å². The van der Waals surface area contributed by atoms with Gasteiger partial charge in [0.05, 0.1) is 5.56 Å². The minimum atomic E-state index is 0. The van der Waals surface area contributed by atoms with E-state index < -0.39 is 0 Å². The summed E-state index contributed by atoms with van der Waals surface area (Å²) < 4.78 is 0.850. The first-order chi connectivity index (χ1) is 10.6. The van der Waals surface area contributed by atoms with Crippen LogP contribution in [0.15, 0.2) is 40.9 Å². The van der Waals surface area contributed by atoms with Crippen molar-refractivity contribution in [3.8, 4) is 0 Å². The van der Waals surface area contributed by atoms with Gasteiger partial charge in [-0.1, -0.05) is 18.2 Å². The fourth-order valence-electron chi connectivity index (χ4n) is 2.93. The van der Waals surface area contributed by atoms with Crippen molar-refractivity contribution in [2.45, 2.75) is 26.3 Å². The summed E-state index contributed by atoms with van der Waals surface area (Å²) in [4.78, 5) is 14.8. The lowest BCUT2D eigenvalue weighted by molar-refractivity contribution is 0.0984. The van der Waals surface area contributed by atoms with Gasteiger partial charge in [-0.05, 0) is 70.6 Å². The first kappa shape index (κ1) is 18.0. The number of anilines is 1. The summed E-state index contributed by atoms with van der Waals surface area (Å²) in [5.41, 5.74) is 10.9. The lowest BCUT2D eigenvalue weighted by atomic mass is 9.98. The van der Waals surface area contributed by atoms with Crippen LogP contribution in [0.3, 0.4) is 0 Å². The first-order valence-corrected chi connectivity index (χ1v) is 8.29. The Morgan fingerprint density at radius 1 is 1.26 bits per heavy atom. The number of carbonyl (C=O) groups is 1. The number of halogens is 2. The van der Waals surface area contributed by atoms with Crippen LogP contribution in [0.2, 0.25) is 0 Å². The molecule has 3 nitrogen and oxygen atoms in total. The molecular weight excluding hydrogens is 376 g/mol. The first-order valence-electron chi connectivity index (χ1n) is 7.50. The summed E-state index contributed by atoms with van der Waals surface area (Å²) in [7, 11) is 0. The number of rotatable bonds is 2. The number of hydrogen-bond donors (Lipinski definition) is 1. The predicted octanol–water partition coefficient (Wildman–Crippen LogP) is 4.23. The summed E-state index contributed by atoms with van der Waals surface area (Å²) >= 11 is 3.51. The summed E-state index contributed by atoms with van der Waals surface area (Å²) in [6.07, 6.45) is 1.98. The smallest absolute Gasteiger partial charge is 0.259 e. The van der Waals surface area contributed by atoms with Gasteiger partial charge >= 0.3 is 0 Å². The second-order valence-corrected chi connectivity index (χ2v) is 6.57. The van der Waals surface area contributed by atoms with Gasteiger partial charge < -0.3 is 10.6 Å². The molecule has 3 rings (SSSR count). The largest absolute Gasteiger partial charge is 0.326 e. The Morgan fingerprint density at radius 2 is 2.04 bits per heavy atom. The van der Waals surface area contributed by atoms with E-state index in [9.17, 15) is 4.79 Å². The van der Waals surface area contributed by atoms with Crippen molar-refractivity contribution in [2.24, 2.45) is 5.73 Å². The van der Waals surface area contributed by atoms with Crippen LogP contribution in [0.1, 0.15) is 33.5 Å². The summed E-state index contributed by atoms with van der Waals surface area (Å²) in [5.74, 6) is 0.0494. The molecule has 2 N–H and O–H groups in total. The minimum Gasteiger partial charge on any atom is -0.326 e. The zero-order valence-corrected chi connectivity index (χ0v) is 15.4. The molecule has 0 unspecified atom stereocenters. The Labute approximate surface area is 151 Å². The Bertz CT molecular complexity index is 733. The molecular formula is C18H20BrClN2O. The molecule has 0 saturated heterocycles. The number of hydrogen-bond acceptors (Lipinski definition) is 2. The highest BCUT2D eigenvalue weighted by atomic mass is 79.9. The van der Waals surface area contributed by atoms with Crippen LogP contribution in [0.5, 0.6) is 0 Å². The summed E-state index contributed by atoms with van der Waals surface area (Å²) in [6, 6.07) is 12.0. The van der Waals surface area contributed by atoms with Gasteiger partial charge in [0.2, 0.25) is 0 Å². The molecule has 1 aliphatic rings. The molecule has 0 saturated carbocycles. The van der Waals surface area contributed by atoms with Crippen LogP contribution in [0.25, 0.3) is 0 Å². The number of benzene rings is 2. The average Bonchev–Trinajstić information content (AvgIpc) is 2.53. The van der Waals surface area contributed by atoms with E-state index in [-0.39, 0.29) is 18.3 Å². The van der Waals surface area contributed by atoms with Crippen molar-refractivity contribution in [2.75, 3.05) is 11.4 Å². The van der Waals surface area contributed by atoms with E-state index in [0.29, 0.717) is 12.1 Å². The van der Waals surface area contributed by atoms with Crippen molar-refractivity contribution in [3.05, 3.63) is 63.1 Å². The molecule has 0 aliphatic carbocycles. The maximum Gasteiger partial charge on any atom is 0.259 e. The van der Waals surface area contributed by atoms with Crippen LogP contribution in [0.4, 0.5) is 5.69 Å². The average molecular weight is 396 g/mol. The van der Waals surface area contributed by atoms with Gasteiger partial charge in [0.1, 0.15) is 0 Å². The second-order valence-electron chi connectivity index (χ2n) is 5.71. The summed E-state index contributed by atoms with van der Waals surface area (Å²) in [5, 5.41) is 0. The van der Waals surface area contributed by atoms with Gasteiger partial charge in [0.25, 0.3) is 5.91 Å². The van der Waals surface area contributed by atoms with Gasteiger partial charge in [0, 0.05) is 23.2 Å². The third kappa shape index (κ3) is 3.60. The fourth-order valence-corrected chi connectivity index (χ4v) is 3.59. The molecule has 0 fully saturated rings. The molecule has 0 spiro atoms. The van der Waals surface area contributed by atoms with E-state index in [1.807, 2.05) is 42.2 Å². The number of nitrogens with two attached hydrogens (primary N) is 1. The van der Waals surface area contributed by atoms with E-state index in [0.717, 1.165) is 40.7 Å². The third-order valence-electron chi connectivity index (χ3n) is 4.10. The monoisotopic (exact) mass is 394 g/mol. The quantitative estimate of drug-likeness (QED) is 0.827. The fraction of sp³-hybridized carbons (Fsp3) is 0.278. The normalized spacial score (nSPS) is 13.3. The molecule has 0 bridgehead atoms. The Kier molecular flexibility index (Phi) is 5.84. The molecule has 1 aliphatic heterocycles. The lowest BCUT2D eigenvalue weighted by Gasteiger charge is -2.30. The Hall–Kier alpha value is -1.36. The maximum atomic E-state index is 12.9. The number of fused-ring (bicyclic) bond motifs is 1. The van der Waals surface area contributed by atoms with E-state index in [4.69, 9.17) is 5.73 Å². The van der Waals surface area contributed by atoms with E-state index >= 15 is 0 Å². The molecule has 122 valence electrons. The van der Waals surface area contributed by atoms with Crippen LogP contribution in [-0.4, -0.2) is 12.5 Å². The molecule has 1 amide bonds. The van der Waals surface area contributed by atoms with Gasteiger partial charge in [-0.3, -0.25) is 4.79 Å².